The molecule has 1 unspecified atom stereocenters. The van der Waals surface area contributed by atoms with Crippen LogP contribution in [-0.2, 0) is 28.3 Å². The van der Waals surface area contributed by atoms with Gasteiger partial charge in [-0.25, -0.2) is 9.50 Å². The Kier molecular flexibility index (Phi) is 5.98. The maximum atomic E-state index is 13.7. The summed E-state index contributed by atoms with van der Waals surface area (Å²) in [5, 5.41) is 3.59. The summed E-state index contributed by atoms with van der Waals surface area (Å²) >= 11 is 1.01. The van der Waals surface area contributed by atoms with Crippen LogP contribution in [0.4, 0.5) is 26.3 Å². The lowest BCUT2D eigenvalue weighted by Crippen LogP contribution is -2.19. The molecule has 34 heavy (non-hydrogen) atoms. The van der Waals surface area contributed by atoms with E-state index in [0.717, 1.165) is 29.5 Å². The first-order valence-electron chi connectivity index (χ1n) is 9.51. The molecule has 3 heterocycles. The summed E-state index contributed by atoms with van der Waals surface area (Å²) < 4.78 is 85.1. The maximum Gasteiger partial charge on any atom is 0.433 e. The van der Waals surface area contributed by atoms with Crippen molar-refractivity contribution in [3.8, 4) is 10.4 Å². The highest BCUT2D eigenvalue weighted by atomic mass is 32.1. The molecule has 0 spiro atoms. The second-order valence-electron chi connectivity index (χ2n) is 7.13. The smallest absolute Gasteiger partial charge is 0.433 e. The fourth-order valence-corrected chi connectivity index (χ4v) is 4.18. The molecule has 178 valence electrons. The Morgan fingerprint density at radius 2 is 1.79 bits per heavy atom. The van der Waals surface area contributed by atoms with Crippen molar-refractivity contribution in [2.75, 3.05) is 0 Å². The summed E-state index contributed by atoms with van der Waals surface area (Å²) in [4.78, 5) is 28.1. The third-order valence-electron chi connectivity index (χ3n) is 4.94. The third-order valence-corrected chi connectivity index (χ3v) is 5.83. The molecule has 0 bridgehead atoms. The number of aromatic nitrogens is 3. The van der Waals surface area contributed by atoms with Crippen molar-refractivity contribution in [1.82, 2.24) is 14.6 Å². The third kappa shape index (κ3) is 4.55. The maximum absolute atomic E-state index is 13.7. The number of hydrogen-bond acceptors (Lipinski definition) is 5. The summed E-state index contributed by atoms with van der Waals surface area (Å²) in [5.74, 6) is 0. The van der Waals surface area contributed by atoms with Gasteiger partial charge in [0.1, 0.15) is 11.8 Å². The molecule has 0 radical (unpaired) electrons. The number of halogens is 6. The highest BCUT2D eigenvalue weighted by molar-refractivity contribution is 7.13. The van der Waals surface area contributed by atoms with E-state index in [1.807, 2.05) is 5.10 Å². The van der Waals surface area contributed by atoms with E-state index in [4.69, 9.17) is 4.74 Å². The largest absolute Gasteiger partial charge is 0.458 e. The van der Waals surface area contributed by atoms with Crippen LogP contribution < -0.4 is 5.56 Å². The minimum absolute atomic E-state index is 0.0662. The molecule has 4 aromatic rings. The SMILES string of the molecule is O=COC(Cc1ccc(C(F)(F)F)cc1)c1cc(=O)n2[nH]c(C(F)(F)F)c(-c3cccs3)c2n1. The van der Waals surface area contributed by atoms with Gasteiger partial charge in [-0.15, -0.1) is 11.3 Å². The molecule has 0 aliphatic rings. The summed E-state index contributed by atoms with van der Waals surface area (Å²) in [6.45, 7) is 0.0662. The van der Waals surface area contributed by atoms with Crippen LogP contribution in [0.15, 0.2) is 52.6 Å². The molecule has 4 rings (SSSR count). The average Bonchev–Trinajstić information content (AvgIpc) is 3.40. The van der Waals surface area contributed by atoms with Crippen LogP contribution in [0.3, 0.4) is 0 Å². The molecule has 0 amide bonds. The molecule has 0 aliphatic carbocycles. The van der Waals surface area contributed by atoms with Crippen molar-refractivity contribution in [1.29, 1.82) is 0 Å². The Hall–Kier alpha value is -3.61. The molecule has 1 aromatic carbocycles. The van der Waals surface area contributed by atoms with Crippen LogP contribution in [0.5, 0.6) is 0 Å². The minimum atomic E-state index is -4.82. The minimum Gasteiger partial charge on any atom is -0.458 e. The van der Waals surface area contributed by atoms with Crippen molar-refractivity contribution < 1.29 is 35.9 Å². The number of aromatic amines is 1. The molecule has 1 N–H and O–H groups in total. The van der Waals surface area contributed by atoms with Crippen LogP contribution in [-0.4, -0.2) is 21.1 Å². The van der Waals surface area contributed by atoms with Gasteiger partial charge in [0.05, 0.1) is 16.8 Å². The van der Waals surface area contributed by atoms with E-state index in [1.54, 1.807) is 5.38 Å². The van der Waals surface area contributed by atoms with E-state index < -0.39 is 35.3 Å². The van der Waals surface area contributed by atoms with E-state index in [-0.39, 0.29) is 34.7 Å². The topological polar surface area (TPSA) is 76.5 Å². The first kappa shape index (κ1) is 23.5. The van der Waals surface area contributed by atoms with Gasteiger partial charge >= 0.3 is 12.4 Å². The Labute approximate surface area is 190 Å². The fourth-order valence-electron chi connectivity index (χ4n) is 3.41. The lowest BCUT2D eigenvalue weighted by molar-refractivity contribution is -0.141. The lowest BCUT2D eigenvalue weighted by atomic mass is 10.0. The van der Waals surface area contributed by atoms with Gasteiger partial charge in [-0.05, 0) is 29.1 Å². The number of fused-ring (bicyclic) bond motifs is 1. The molecular weight excluding hydrogens is 488 g/mol. The number of nitrogens with one attached hydrogen (secondary N) is 1. The second kappa shape index (κ2) is 8.63. The standard InChI is InChI=1S/C21H13F6N3O3S/c22-20(23,24)12-5-3-11(4-6-12)8-14(33-10-31)13-9-16(32)30-19(28-13)17(15-2-1-7-34-15)18(29-30)21(25,26)27/h1-7,9-10,14,29H,8H2. The quantitative estimate of drug-likeness (QED) is 0.290. The van der Waals surface area contributed by atoms with Crippen LogP contribution in [0.2, 0.25) is 0 Å². The number of hydrogen-bond donors (Lipinski definition) is 1. The predicted molar refractivity (Wildman–Crippen MR) is 109 cm³/mol. The van der Waals surface area contributed by atoms with Crippen molar-refractivity contribution in [2.45, 2.75) is 24.9 Å². The molecule has 0 saturated carbocycles. The lowest BCUT2D eigenvalue weighted by Gasteiger charge is -2.15. The number of carbonyl (C=O) groups excluding carboxylic acids is 1. The molecular formula is C21H13F6N3O3S. The van der Waals surface area contributed by atoms with Crippen LogP contribution in [0.25, 0.3) is 16.1 Å². The van der Waals surface area contributed by atoms with Crippen molar-refractivity contribution in [3.05, 3.63) is 80.7 Å². The molecule has 3 aromatic heterocycles. The Bertz CT molecular complexity index is 1370. The first-order valence-corrected chi connectivity index (χ1v) is 10.4. The van der Waals surface area contributed by atoms with E-state index >= 15 is 0 Å². The molecule has 1 atom stereocenters. The van der Waals surface area contributed by atoms with E-state index in [1.165, 1.54) is 24.3 Å². The number of benzene rings is 1. The zero-order valence-electron chi connectivity index (χ0n) is 16.8. The molecule has 0 saturated heterocycles. The van der Waals surface area contributed by atoms with Gasteiger partial charge < -0.3 is 4.74 Å². The normalized spacial score (nSPS) is 13.2. The molecule has 6 nitrogen and oxygen atoms in total. The Morgan fingerprint density at radius 1 is 1.09 bits per heavy atom. The predicted octanol–water partition coefficient (Wildman–Crippen LogP) is 5.25. The van der Waals surface area contributed by atoms with Gasteiger partial charge in [0, 0.05) is 17.4 Å². The summed E-state index contributed by atoms with van der Waals surface area (Å²) in [5.41, 5.74) is -3.44. The highest BCUT2D eigenvalue weighted by Crippen LogP contribution is 2.40. The number of rotatable bonds is 6. The number of nitrogens with zero attached hydrogens (tertiary/aromatic N) is 2. The van der Waals surface area contributed by atoms with Gasteiger partial charge in [-0.1, -0.05) is 18.2 Å². The average molecular weight is 501 g/mol. The van der Waals surface area contributed by atoms with Crippen molar-refractivity contribution in [2.24, 2.45) is 0 Å². The summed E-state index contributed by atoms with van der Waals surface area (Å²) in [7, 11) is 0. The van der Waals surface area contributed by atoms with Crippen molar-refractivity contribution in [3.63, 3.8) is 0 Å². The van der Waals surface area contributed by atoms with Gasteiger partial charge in [0.15, 0.2) is 5.65 Å². The number of alkyl halides is 6. The summed E-state index contributed by atoms with van der Waals surface area (Å²) in [6.07, 6.45) is -10.8. The van der Waals surface area contributed by atoms with Gasteiger partial charge in [0.25, 0.3) is 12.0 Å². The van der Waals surface area contributed by atoms with Gasteiger partial charge in [-0.3, -0.25) is 14.7 Å². The fraction of sp³-hybridized carbons (Fsp3) is 0.190. The van der Waals surface area contributed by atoms with Crippen LogP contribution >= 0.6 is 11.3 Å². The Balaban J connectivity index is 1.81. The Morgan fingerprint density at radius 3 is 2.35 bits per heavy atom. The van der Waals surface area contributed by atoms with Gasteiger partial charge in [0.2, 0.25) is 0 Å². The van der Waals surface area contributed by atoms with E-state index in [0.29, 0.717) is 10.1 Å². The van der Waals surface area contributed by atoms with Gasteiger partial charge in [-0.2, -0.15) is 26.3 Å². The monoisotopic (exact) mass is 501 g/mol. The van der Waals surface area contributed by atoms with Crippen molar-refractivity contribution >= 4 is 23.5 Å². The number of thiophene rings is 1. The highest BCUT2D eigenvalue weighted by Gasteiger charge is 2.38. The van der Waals surface area contributed by atoms with Crippen LogP contribution in [0.1, 0.15) is 28.6 Å². The second-order valence-corrected chi connectivity index (χ2v) is 8.08. The molecule has 0 aliphatic heterocycles. The van der Waals surface area contributed by atoms with E-state index in [9.17, 15) is 35.9 Å². The number of ether oxygens (including phenoxy) is 1. The zero-order chi connectivity index (χ0) is 24.7. The van der Waals surface area contributed by atoms with Crippen LogP contribution in [0, 0.1) is 0 Å². The van der Waals surface area contributed by atoms with E-state index in [2.05, 4.69) is 4.98 Å². The molecule has 13 heteroatoms. The number of H-pyrrole nitrogens is 1. The summed E-state index contributed by atoms with van der Waals surface area (Å²) in [6, 6.07) is 7.90. The number of carbonyl (C=O) groups is 1. The zero-order valence-corrected chi connectivity index (χ0v) is 17.6. The first-order chi connectivity index (χ1) is 16.0. The molecule has 0 fully saturated rings.